The lowest BCUT2D eigenvalue weighted by Crippen LogP contribution is -2.25. The van der Waals surface area contributed by atoms with Gasteiger partial charge in [0.15, 0.2) is 5.69 Å². The molecular weight excluding hydrogens is 382 g/mol. The number of aliphatic imine (C=N–C) groups is 1. The molecule has 0 saturated carbocycles. The molecule has 1 atom stereocenters. The number of benzene rings is 1. The fourth-order valence-electron chi connectivity index (χ4n) is 2.84. The monoisotopic (exact) mass is 405 g/mol. The molecule has 1 amide bonds. The van der Waals surface area contributed by atoms with Crippen LogP contribution in [0.2, 0.25) is 0 Å². The number of hydrogen-bond acceptors (Lipinski definition) is 6. The van der Waals surface area contributed by atoms with Crippen molar-refractivity contribution in [3.63, 3.8) is 0 Å². The van der Waals surface area contributed by atoms with Gasteiger partial charge in [0.2, 0.25) is 5.95 Å². The van der Waals surface area contributed by atoms with E-state index < -0.39 is 0 Å². The highest BCUT2D eigenvalue weighted by Gasteiger charge is 2.19. The van der Waals surface area contributed by atoms with E-state index in [1.54, 1.807) is 12.2 Å². The quantitative estimate of drug-likeness (QED) is 0.427. The molecule has 0 aliphatic rings. The number of anilines is 1. The van der Waals surface area contributed by atoms with Crippen molar-refractivity contribution < 1.29 is 4.79 Å². The summed E-state index contributed by atoms with van der Waals surface area (Å²) >= 11 is 1.47. The molecule has 7 heteroatoms. The SMILES string of the molecule is C=C/C=C(\N=C)C(C)Nc1nc(C(=O)NCc2ccccc2)c2scc(C)c2n1. The van der Waals surface area contributed by atoms with Crippen LogP contribution >= 0.6 is 11.3 Å². The van der Waals surface area contributed by atoms with Crippen LogP contribution in [0, 0.1) is 6.92 Å². The van der Waals surface area contributed by atoms with Crippen molar-refractivity contribution in [2.45, 2.75) is 26.4 Å². The number of rotatable bonds is 8. The number of thiophene rings is 1. The van der Waals surface area contributed by atoms with Crippen LogP contribution in [0.1, 0.15) is 28.5 Å². The van der Waals surface area contributed by atoms with Crippen LogP contribution in [0.25, 0.3) is 10.2 Å². The lowest BCUT2D eigenvalue weighted by atomic mass is 10.2. The Hall–Kier alpha value is -3.32. The van der Waals surface area contributed by atoms with Crippen LogP contribution < -0.4 is 10.6 Å². The smallest absolute Gasteiger partial charge is 0.271 e. The lowest BCUT2D eigenvalue weighted by molar-refractivity contribution is 0.0948. The summed E-state index contributed by atoms with van der Waals surface area (Å²) in [5.41, 5.74) is 3.87. The summed E-state index contributed by atoms with van der Waals surface area (Å²) in [5.74, 6) is 0.137. The molecule has 29 heavy (non-hydrogen) atoms. The van der Waals surface area contributed by atoms with Gasteiger partial charge in [-0.1, -0.05) is 43.0 Å². The van der Waals surface area contributed by atoms with E-state index in [0.717, 1.165) is 21.3 Å². The molecule has 3 rings (SSSR count). The van der Waals surface area contributed by atoms with Crippen molar-refractivity contribution in [3.05, 3.63) is 77.0 Å². The average Bonchev–Trinajstić information content (AvgIpc) is 3.11. The summed E-state index contributed by atoms with van der Waals surface area (Å²) in [4.78, 5) is 26.0. The predicted octanol–water partition coefficient (Wildman–Crippen LogP) is 4.50. The van der Waals surface area contributed by atoms with Crippen LogP contribution in [0.4, 0.5) is 5.95 Å². The minimum atomic E-state index is -0.234. The van der Waals surface area contributed by atoms with E-state index in [-0.39, 0.29) is 11.9 Å². The maximum atomic E-state index is 12.9. The first-order valence-corrected chi connectivity index (χ1v) is 10.0. The Morgan fingerprint density at radius 1 is 1.31 bits per heavy atom. The Labute approximate surface area is 174 Å². The normalized spacial score (nSPS) is 12.4. The number of carbonyl (C=O) groups is 1. The van der Waals surface area contributed by atoms with Gasteiger partial charge in [-0.3, -0.25) is 9.79 Å². The summed E-state index contributed by atoms with van der Waals surface area (Å²) in [7, 11) is 0. The molecule has 2 N–H and O–H groups in total. The Bertz CT molecular complexity index is 1070. The number of aryl methyl sites for hydroxylation is 1. The van der Waals surface area contributed by atoms with Crippen LogP contribution in [-0.4, -0.2) is 28.6 Å². The second kappa shape index (κ2) is 9.25. The minimum Gasteiger partial charge on any atom is -0.347 e. The number of nitrogens with zero attached hydrogens (tertiary/aromatic N) is 3. The number of fused-ring (bicyclic) bond motifs is 1. The van der Waals surface area contributed by atoms with Gasteiger partial charge in [0.25, 0.3) is 5.91 Å². The second-order valence-electron chi connectivity index (χ2n) is 6.51. The van der Waals surface area contributed by atoms with Gasteiger partial charge in [-0.25, -0.2) is 9.97 Å². The summed E-state index contributed by atoms with van der Waals surface area (Å²) in [6.07, 6.45) is 3.42. The van der Waals surface area contributed by atoms with E-state index >= 15 is 0 Å². The molecular formula is C22H23N5OS. The van der Waals surface area contributed by atoms with Crippen molar-refractivity contribution in [2.75, 3.05) is 5.32 Å². The number of aromatic nitrogens is 2. The van der Waals surface area contributed by atoms with Crippen molar-refractivity contribution in [3.8, 4) is 0 Å². The summed E-state index contributed by atoms with van der Waals surface area (Å²) in [6, 6.07) is 9.57. The molecule has 0 spiro atoms. The Balaban J connectivity index is 1.90. The largest absolute Gasteiger partial charge is 0.347 e. The lowest BCUT2D eigenvalue weighted by Gasteiger charge is -2.15. The van der Waals surface area contributed by atoms with E-state index in [0.29, 0.717) is 23.9 Å². The zero-order valence-electron chi connectivity index (χ0n) is 16.5. The third-order valence-electron chi connectivity index (χ3n) is 4.36. The van der Waals surface area contributed by atoms with Crippen molar-refractivity contribution in [1.82, 2.24) is 15.3 Å². The van der Waals surface area contributed by atoms with Gasteiger partial charge in [-0.05, 0) is 43.1 Å². The molecule has 3 aromatic rings. The van der Waals surface area contributed by atoms with Crippen LogP contribution in [0.15, 0.2) is 65.1 Å². The maximum Gasteiger partial charge on any atom is 0.271 e. The molecule has 1 aromatic carbocycles. The fourth-order valence-corrected chi connectivity index (χ4v) is 3.81. The highest BCUT2D eigenvalue weighted by Crippen LogP contribution is 2.28. The van der Waals surface area contributed by atoms with Gasteiger partial charge in [-0.15, -0.1) is 11.3 Å². The van der Waals surface area contributed by atoms with Gasteiger partial charge in [0.05, 0.1) is 22.0 Å². The number of allylic oxidation sites excluding steroid dienone is 2. The van der Waals surface area contributed by atoms with E-state index in [2.05, 4.69) is 38.9 Å². The van der Waals surface area contributed by atoms with Crippen LogP contribution in [0.5, 0.6) is 0 Å². The predicted molar refractivity (Wildman–Crippen MR) is 121 cm³/mol. The molecule has 148 valence electrons. The molecule has 2 aromatic heterocycles. The number of amides is 1. The summed E-state index contributed by atoms with van der Waals surface area (Å²) in [5, 5.41) is 8.14. The second-order valence-corrected chi connectivity index (χ2v) is 7.39. The van der Waals surface area contributed by atoms with Gasteiger partial charge in [-0.2, -0.15) is 0 Å². The highest BCUT2D eigenvalue weighted by molar-refractivity contribution is 7.17. The number of carbonyl (C=O) groups excluding carboxylic acids is 1. The highest BCUT2D eigenvalue weighted by atomic mass is 32.1. The minimum absolute atomic E-state index is 0.192. The van der Waals surface area contributed by atoms with E-state index in [9.17, 15) is 4.79 Å². The standard InChI is InChI=1S/C22H23N5OS/c1-5-9-17(23-4)15(3)25-22-26-18-14(2)13-29-20(18)19(27-22)21(28)24-12-16-10-7-6-8-11-16/h5-11,13,15H,1,4,12H2,2-3H3,(H,24,28)(H,25,26,27)/b17-9-. The van der Waals surface area contributed by atoms with Crippen molar-refractivity contribution >= 4 is 40.1 Å². The zero-order valence-corrected chi connectivity index (χ0v) is 17.3. The molecule has 0 saturated heterocycles. The van der Waals surface area contributed by atoms with Gasteiger partial charge >= 0.3 is 0 Å². The molecule has 0 aliphatic heterocycles. The molecule has 1 unspecified atom stereocenters. The Kier molecular flexibility index (Phi) is 6.51. The van der Waals surface area contributed by atoms with Crippen LogP contribution in [-0.2, 0) is 6.54 Å². The van der Waals surface area contributed by atoms with Crippen LogP contribution in [0.3, 0.4) is 0 Å². The first-order valence-electron chi connectivity index (χ1n) is 9.17. The third kappa shape index (κ3) is 4.75. The van der Waals surface area contributed by atoms with E-state index in [4.69, 9.17) is 0 Å². The fraction of sp³-hybridized carbons (Fsp3) is 0.182. The summed E-state index contributed by atoms with van der Waals surface area (Å²) < 4.78 is 0.773. The Morgan fingerprint density at radius 2 is 2.07 bits per heavy atom. The maximum absolute atomic E-state index is 12.9. The van der Waals surface area contributed by atoms with Crippen molar-refractivity contribution in [2.24, 2.45) is 4.99 Å². The molecule has 6 nitrogen and oxygen atoms in total. The van der Waals surface area contributed by atoms with E-state index in [1.807, 2.05) is 49.6 Å². The molecule has 2 heterocycles. The van der Waals surface area contributed by atoms with Gasteiger partial charge in [0.1, 0.15) is 0 Å². The van der Waals surface area contributed by atoms with Gasteiger partial charge < -0.3 is 10.6 Å². The number of nitrogens with one attached hydrogen (secondary N) is 2. The van der Waals surface area contributed by atoms with Gasteiger partial charge in [0, 0.05) is 6.54 Å². The zero-order chi connectivity index (χ0) is 20.8. The summed E-state index contributed by atoms with van der Waals surface area (Å²) in [6.45, 7) is 11.6. The average molecular weight is 406 g/mol. The first-order chi connectivity index (χ1) is 14.0. The molecule has 0 bridgehead atoms. The molecule has 0 fully saturated rings. The third-order valence-corrected chi connectivity index (χ3v) is 5.46. The van der Waals surface area contributed by atoms with E-state index in [1.165, 1.54) is 11.3 Å². The molecule has 0 radical (unpaired) electrons. The first kappa shape index (κ1) is 20.4. The topological polar surface area (TPSA) is 79.3 Å². The number of hydrogen-bond donors (Lipinski definition) is 2. The van der Waals surface area contributed by atoms with Crippen molar-refractivity contribution in [1.29, 1.82) is 0 Å². The molecule has 0 aliphatic carbocycles. The Morgan fingerprint density at radius 3 is 2.76 bits per heavy atom.